The molecule has 3 aromatic rings. The van der Waals surface area contributed by atoms with Gasteiger partial charge in [0.15, 0.2) is 0 Å². The fourth-order valence-corrected chi connectivity index (χ4v) is 5.07. The van der Waals surface area contributed by atoms with Crippen LogP contribution in [0.25, 0.3) is 10.9 Å². The van der Waals surface area contributed by atoms with Gasteiger partial charge in [0.05, 0.1) is 16.8 Å². The molecule has 0 bridgehead atoms. The van der Waals surface area contributed by atoms with E-state index in [0.717, 1.165) is 10.1 Å². The van der Waals surface area contributed by atoms with E-state index in [2.05, 4.69) is 10.3 Å². The summed E-state index contributed by atoms with van der Waals surface area (Å²) in [5, 5.41) is 12.4. The number of hydrogen-bond donors (Lipinski definition) is 3. The van der Waals surface area contributed by atoms with E-state index in [9.17, 15) is 29.1 Å². The van der Waals surface area contributed by atoms with Gasteiger partial charge in [-0.1, -0.05) is 62.7 Å². The van der Waals surface area contributed by atoms with Gasteiger partial charge in [-0.25, -0.2) is 9.36 Å². The third kappa shape index (κ3) is 6.10. The van der Waals surface area contributed by atoms with Crippen molar-refractivity contribution in [2.45, 2.75) is 51.6 Å². The first kappa shape index (κ1) is 27.8. The Balaban J connectivity index is 1.68. The summed E-state index contributed by atoms with van der Waals surface area (Å²) < 4.78 is 0.932. The molecule has 3 N–H and O–H groups in total. The Kier molecular flexibility index (Phi) is 8.63. The van der Waals surface area contributed by atoms with E-state index in [-0.39, 0.29) is 36.7 Å². The Labute approximate surface area is 225 Å². The van der Waals surface area contributed by atoms with E-state index < -0.39 is 41.1 Å². The summed E-state index contributed by atoms with van der Waals surface area (Å²) in [5.74, 6) is -2.50. The number of hydrogen-bond acceptors (Lipinski definition) is 5. The molecular weight excluding hydrogens is 500 g/mol. The first-order valence-corrected chi connectivity index (χ1v) is 13.3. The second kappa shape index (κ2) is 12.1. The van der Waals surface area contributed by atoms with Crippen molar-refractivity contribution >= 4 is 28.7 Å². The van der Waals surface area contributed by atoms with Crippen molar-refractivity contribution in [3.63, 3.8) is 0 Å². The number of amides is 2. The molecule has 3 atom stereocenters. The van der Waals surface area contributed by atoms with Crippen LogP contribution in [0.1, 0.15) is 44.7 Å². The highest BCUT2D eigenvalue weighted by Gasteiger charge is 2.36. The van der Waals surface area contributed by atoms with Crippen LogP contribution in [0.15, 0.2) is 64.2 Å². The summed E-state index contributed by atoms with van der Waals surface area (Å²) in [7, 11) is 0. The Hall–Kier alpha value is -4.21. The second-order valence-electron chi connectivity index (χ2n) is 10.2. The highest BCUT2D eigenvalue weighted by atomic mass is 16.4. The van der Waals surface area contributed by atoms with Crippen LogP contribution in [-0.4, -0.2) is 56.5 Å². The first-order chi connectivity index (χ1) is 18.7. The highest BCUT2D eigenvalue weighted by molar-refractivity contribution is 5.90. The molecule has 1 saturated heterocycles. The minimum Gasteiger partial charge on any atom is -0.481 e. The molecule has 0 radical (unpaired) electrons. The average Bonchev–Trinajstić information content (AvgIpc) is 2.95. The second-order valence-corrected chi connectivity index (χ2v) is 10.2. The third-order valence-corrected chi connectivity index (χ3v) is 7.66. The molecule has 2 amide bonds. The van der Waals surface area contributed by atoms with E-state index in [0.29, 0.717) is 24.8 Å². The predicted octanol–water partition coefficient (Wildman–Crippen LogP) is 2.33. The number of nitrogens with one attached hydrogen (secondary N) is 2. The maximum atomic E-state index is 13.9. The molecule has 1 aliphatic heterocycles. The van der Waals surface area contributed by atoms with Crippen LogP contribution in [0, 0.1) is 11.8 Å². The minimum atomic E-state index is -1.20. The van der Waals surface area contributed by atoms with Gasteiger partial charge in [-0.3, -0.25) is 19.2 Å². The Morgan fingerprint density at radius 2 is 1.67 bits per heavy atom. The topological polar surface area (TPSA) is 142 Å². The number of carbonyl (C=O) groups excluding carboxylic acids is 2. The van der Waals surface area contributed by atoms with Gasteiger partial charge in [0.2, 0.25) is 11.8 Å². The quantitative estimate of drug-likeness (QED) is 0.385. The third-order valence-electron chi connectivity index (χ3n) is 7.66. The zero-order chi connectivity index (χ0) is 28.1. The monoisotopic (exact) mass is 534 g/mol. The lowest BCUT2D eigenvalue weighted by Gasteiger charge is -2.35. The number of fused-ring (bicyclic) bond motifs is 1. The lowest BCUT2D eigenvalue weighted by atomic mass is 9.93. The number of para-hydroxylation sites is 1. The Bertz CT molecular complexity index is 1460. The Morgan fingerprint density at radius 1 is 1.03 bits per heavy atom. The molecule has 0 saturated carbocycles. The number of carboxylic acids is 1. The number of aliphatic carboxylic acids is 1. The SMILES string of the molecule is CCC(C)[C@H](NC(=O)[C@H](Cc1ccccc1)n1c(=O)[nH]c2ccccc2c1=O)C(=O)N1CCC(C(=O)O)CC1. The van der Waals surface area contributed by atoms with Crippen molar-refractivity contribution in [1.82, 2.24) is 19.8 Å². The van der Waals surface area contributed by atoms with Crippen LogP contribution >= 0.6 is 0 Å². The van der Waals surface area contributed by atoms with Crippen molar-refractivity contribution in [2.75, 3.05) is 13.1 Å². The van der Waals surface area contributed by atoms with E-state index >= 15 is 0 Å². The van der Waals surface area contributed by atoms with Crippen molar-refractivity contribution in [1.29, 1.82) is 0 Å². The zero-order valence-corrected chi connectivity index (χ0v) is 22.1. The maximum Gasteiger partial charge on any atom is 0.329 e. The summed E-state index contributed by atoms with van der Waals surface area (Å²) in [6.45, 7) is 4.34. The maximum absolute atomic E-state index is 13.9. The van der Waals surface area contributed by atoms with Crippen molar-refractivity contribution in [3.8, 4) is 0 Å². The summed E-state index contributed by atoms with van der Waals surface area (Å²) >= 11 is 0. The lowest BCUT2D eigenvalue weighted by Crippen LogP contribution is -2.56. The predicted molar refractivity (Wildman–Crippen MR) is 146 cm³/mol. The molecule has 2 aromatic carbocycles. The van der Waals surface area contributed by atoms with Crippen molar-refractivity contribution < 1.29 is 19.5 Å². The molecule has 1 aromatic heterocycles. The van der Waals surface area contributed by atoms with Gasteiger partial charge in [-0.15, -0.1) is 0 Å². The summed E-state index contributed by atoms with van der Waals surface area (Å²) in [6.07, 6.45) is 1.36. The molecular formula is C29H34N4O6. The first-order valence-electron chi connectivity index (χ1n) is 13.3. The standard InChI is InChI=1S/C29H34N4O6/c1-3-18(2)24(27(36)32-15-13-20(14-16-32)28(37)38)31-25(34)23(17-19-9-5-4-6-10-19)33-26(35)21-11-7-8-12-22(21)30-29(33)39/h4-12,18,20,23-24H,3,13-17H2,1-2H3,(H,30,39)(H,31,34)(H,37,38)/t18?,23-,24-/m0/s1. The number of rotatable bonds is 9. The molecule has 10 nitrogen and oxygen atoms in total. The molecule has 1 fully saturated rings. The number of benzene rings is 2. The highest BCUT2D eigenvalue weighted by Crippen LogP contribution is 2.21. The van der Waals surface area contributed by atoms with E-state index in [1.165, 1.54) is 0 Å². The molecule has 4 rings (SSSR count). The Morgan fingerprint density at radius 3 is 2.31 bits per heavy atom. The fraction of sp³-hybridized carbons (Fsp3) is 0.414. The van der Waals surface area contributed by atoms with Gasteiger partial charge in [0.1, 0.15) is 12.1 Å². The molecule has 0 spiro atoms. The van der Waals surface area contributed by atoms with Crippen molar-refractivity contribution in [2.24, 2.45) is 11.8 Å². The molecule has 2 heterocycles. The zero-order valence-electron chi connectivity index (χ0n) is 22.1. The number of piperidine rings is 1. The van der Waals surface area contributed by atoms with E-state index in [1.54, 1.807) is 29.2 Å². The molecule has 10 heteroatoms. The molecule has 0 aliphatic carbocycles. The van der Waals surface area contributed by atoms with Gasteiger partial charge in [0, 0.05) is 19.5 Å². The smallest absolute Gasteiger partial charge is 0.329 e. The number of carboxylic acid groups (broad SMARTS) is 1. The number of aromatic nitrogens is 2. The summed E-state index contributed by atoms with van der Waals surface area (Å²) in [4.78, 5) is 69.7. The van der Waals surface area contributed by atoms with Gasteiger partial charge in [-0.2, -0.15) is 0 Å². The van der Waals surface area contributed by atoms with Crippen LogP contribution in [0.5, 0.6) is 0 Å². The van der Waals surface area contributed by atoms with Crippen molar-refractivity contribution in [3.05, 3.63) is 81.0 Å². The van der Waals surface area contributed by atoms with Gasteiger partial charge in [0.25, 0.3) is 5.56 Å². The van der Waals surface area contributed by atoms with E-state index in [1.807, 2.05) is 44.2 Å². The van der Waals surface area contributed by atoms with Gasteiger partial charge < -0.3 is 20.3 Å². The van der Waals surface area contributed by atoms with Crippen LogP contribution in [0.4, 0.5) is 0 Å². The summed E-state index contributed by atoms with van der Waals surface area (Å²) in [6, 6.07) is 13.6. The molecule has 1 unspecified atom stereocenters. The number of carbonyl (C=O) groups is 3. The minimum absolute atomic E-state index is 0.0689. The average molecular weight is 535 g/mol. The fourth-order valence-electron chi connectivity index (χ4n) is 5.07. The van der Waals surface area contributed by atoms with Crippen LogP contribution in [0.2, 0.25) is 0 Å². The summed E-state index contributed by atoms with van der Waals surface area (Å²) in [5.41, 5.74) is -0.177. The molecule has 39 heavy (non-hydrogen) atoms. The normalized spacial score (nSPS) is 16.4. The van der Waals surface area contributed by atoms with Crippen LogP contribution < -0.4 is 16.6 Å². The number of nitrogens with zero attached hydrogens (tertiary/aromatic N) is 2. The van der Waals surface area contributed by atoms with Crippen LogP contribution in [0.3, 0.4) is 0 Å². The molecule has 1 aliphatic rings. The molecule has 206 valence electrons. The lowest BCUT2D eigenvalue weighted by molar-refractivity contribution is -0.147. The number of likely N-dealkylation sites (tertiary alicyclic amines) is 1. The van der Waals surface area contributed by atoms with Gasteiger partial charge >= 0.3 is 11.7 Å². The number of aromatic amines is 1. The number of H-pyrrole nitrogens is 1. The van der Waals surface area contributed by atoms with Crippen LogP contribution in [-0.2, 0) is 20.8 Å². The van der Waals surface area contributed by atoms with Gasteiger partial charge in [-0.05, 0) is 36.5 Å². The largest absolute Gasteiger partial charge is 0.481 e. The van der Waals surface area contributed by atoms with E-state index in [4.69, 9.17) is 0 Å².